The maximum absolute atomic E-state index is 10.3. The lowest BCUT2D eigenvalue weighted by atomic mass is 9.85. The first-order valence-electron chi connectivity index (χ1n) is 16.6. The Morgan fingerprint density at radius 2 is 0.857 bits per heavy atom. The fraction of sp³-hybridized carbons (Fsp3) is 0. The van der Waals surface area contributed by atoms with Gasteiger partial charge in [0.25, 0.3) is 0 Å². The summed E-state index contributed by atoms with van der Waals surface area (Å²) in [5.74, 6) is 0. The van der Waals surface area contributed by atoms with Crippen LogP contribution in [-0.4, -0.2) is 0 Å². The van der Waals surface area contributed by atoms with Crippen molar-refractivity contribution in [2.75, 3.05) is 0 Å². The monoisotopic (exact) mass is 637 g/mol. The SMILES string of the molecule is N#Cc1c2ccccc2c(-c2cccc3sc4cc(-c5c6ccccc6c(-c6ccccc6)c6ccccc56)ccc4c23)c2ccccc12. The zero-order valence-electron chi connectivity index (χ0n) is 26.4. The van der Waals surface area contributed by atoms with E-state index in [-0.39, 0.29) is 0 Å². The molecule has 2 heteroatoms. The van der Waals surface area contributed by atoms with E-state index in [0.29, 0.717) is 0 Å². The molecule has 0 saturated carbocycles. The van der Waals surface area contributed by atoms with Gasteiger partial charge in [-0.05, 0) is 77.8 Å². The van der Waals surface area contributed by atoms with E-state index in [4.69, 9.17) is 0 Å². The van der Waals surface area contributed by atoms with Crippen molar-refractivity contribution in [2.24, 2.45) is 0 Å². The van der Waals surface area contributed by atoms with Crippen LogP contribution in [0.25, 0.3) is 96.6 Å². The first kappa shape index (κ1) is 27.8. The fourth-order valence-electron chi connectivity index (χ4n) is 8.08. The van der Waals surface area contributed by atoms with E-state index in [0.717, 1.165) is 27.1 Å². The van der Waals surface area contributed by atoms with Crippen LogP contribution in [0.1, 0.15) is 5.56 Å². The topological polar surface area (TPSA) is 23.8 Å². The Hall–Kier alpha value is -6.27. The highest BCUT2D eigenvalue weighted by Gasteiger charge is 2.20. The van der Waals surface area contributed by atoms with E-state index in [1.807, 2.05) is 23.5 Å². The molecule has 0 amide bonds. The van der Waals surface area contributed by atoms with Crippen molar-refractivity contribution in [3.8, 4) is 39.4 Å². The van der Waals surface area contributed by atoms with Gasteiger partial charge in [0.05, 0.1) is 5.56 Å². The highest BCUT2D eigenvalue weighted by atomic mass is 32.1. The normalized spacial score (nSPS) is 11.7. The molecule has 1 nitrogen and oxygen atoms in total. The minimum Gasteiger partial charge on any atom is -0.192 e. The molecule has 10 aromatic rings. The van der Waals surface area contributed by atoms with Gasteiger partial charge >= 0.3 is 0 Å². The van der Waals surface area contributed by atoms with E-state index in [9.17, 15) is 5.26 Å². The van der Waals surface area contributed by atoms with Gasteiger partial charge in [0.15, 0.2) is 0 Å². The van der Waals surface area contributed by atoms with E-state index < -0.39 is 0 Å². The van der Waals surface area contributed by atoms with Gasteiger partial charge in [-0.3, -0.25) is 0 Å². The first-order chi connectivity index (χ1) is 24.3. The summed E-state index contributed by atoms with van der Waals surface area (Å²) in [6, 6.07) is 61.4. The molecule has 226 valence electrons. The highest BCUT2D eigenvalue weighted by molar-refractivity contribution is 7.26. The Morgan fingerprint density at radius 1 is 0.367 bits per heavy atom. The quantitative estimate of drug-likeness (QED) is 0.177. The molecular weight excluding hydrogens is 611 g/mol. The molecule has 0 N–H and O–H groups in total. The molecule has 0 spiro atoms. The third-order valence-corrected chi connectivity index (χ3v) is 11.2. The van der Waals surface area contributed by atoms with Crippen molar-refractivity contribution < 1.29 is 0 Å². The van der Waals surface area contributed by atoms with Crippen LogP contribution < -0.4 is 0 Å². The number of thiophene rings is 1. The summed E-state index contributed by atoms with van der Waals surface area (Å²) in [6.07, 6.45) is 0. The number of benzene rings is 9. The Bertz CT molecular complexity index is 2880. The zero-order valence-corrected chi connectivity index (χ0v) is 27.3. The summed E-state index contributed by atoms with van der Waals surface area (Å²) in [5, 5.41) is 22.0. The maximum Gasteiger partial charge on any atom is 0.100 e. The largest absolute Gasteiger partial charge is 0.192 e. The molecule has 1 heterocycles. The van der Waals surface area contributed by atoms with Gasteiger partial charge in [0.2, 0.25) is 0 Å². The number of rotatable bonds is 3. The summed E-state index contributed by atoms with van der Waals surface area (Å²) in [5.41, 5.74) is 8.14. The first-order valence-corrected chi connectivity index (χ1v) is 17.4. The Kier molecular flexibility index (Phi) is 6.18. The predicted octanol–water partition coefficient (Wildman–Crippen LogP) is 13.5. The number of hydrogen-bond acceptors (Lipinski definition) is 2. The van der Waals surface area contributed by atoms with Crippen molar-refractivity contribution >= 4 is 74.6 Å². The molecule has 1 aromatic heterocycles. The summed E-state index contributed by atoms with van der Waals surface area (Å²) >= 11 is 1.86. The molecule has 0 bridgehead atoms. The predicted molar refractivity (Wildman–Crippen MR) is 210 cm³/mol. The van der Waals surface area contributed by atoms with Crippen LogP contribution in [0, 0.1) is 11.3 Å². The second-order valence-electron chi connectivity index (χ2n) is 12.7. The molecule has 0 atom stereocenters. The van der Waals surface area contributed by atoms with Crippen LogP contribution in [0.4, 0.5) is 0 Å². The van der Waals surface area contributed by atoms with Crippen LogP contribution in [-0.2, 0) is 0 Å². The van der Waals surface area contributed by atoms with Gasteiger partial charge in [-0.1, -0.05) is 152 Å². The molecule has 0 unspecified atom stereocenters. The molecule has 0 fully saturated rings. The number of nitriles is 1. The average Bonchev–Trinajstić information content (AvgIpc) is 3.54. The third kappa shape index (κ3) is 4.10. The van der Waals surface area contributed by atoms with Crippen molar-refractivity contribution in [1.82, 2.24) is 0 Å². The highest BCUT2D eigenvalue weighted by Crippen LogP contribution is 2.48. The molecule has 0 saturated heterocycles. The van der Waals surface area contributed by atoms with E-state index >= 15 is 0 Å². The van der Waals surface area contributed by atoms with Crippen molar-refractivity contribution in [1.29, 1.82) is 5.26 Å². The number of fused-ring (bicyclic) bond motifs is 7. The Balaban J connectivity index is 1.26. The maximum atomic E-state index is 10.3. The van der Waals surface area contributed by atoms with Gasteiger partial charge < -0.3 is 0 Å². The van der Waals surface area contributed by atoms with Gasteiger partial charge in [-0.2, -0.15) is 5.26 Å². The zero-order chi connectivity index (χ0) is 32.5. The summed E-state index contributed by atoms with van der Waals surface area (Å²) in [7, 11) is 0. The third-order valence-electron chi connectivity index (χ3n) is 10.1. The molecule has 49 heavy (non-hydrogen) atoms. The van der Waals surface area contributed by atoms with E-state index in [2.05, 4.69) is 158 Å². The minimum atomic E-state index is 0.736. The second-order valence-corrected chi connectivity index (χ2v) is 13.7. The minimum absolute atomic E-state index is 0.736. The number of nitrogens with zero attached hydrogens (tertiary/aromatic N) is 1. The number of hydrogen-bond donors (Lipinski definition) is 0. The molecule has 0 aliphatic rings. The lowest BCUT2D eigenvalue weighted by Crippen LogP contribution is -1.91. The van der Waals surface area contributed by atoms with E-state index in [1.165, 1.54) is 75.1 Å². The average molecular weight is 638 g/mol. The molecule has 0 aliphatic heterocycles. The molecule has 0 aliphatic carbocycles. The standard InChI is InChI=1S/C47H27NS/c48-28-41-31-15-4-6-17-33(31)46(34-18-7-5-16-32(34)41)40-23-12-24-42-47(40)39-26-25-30(27-43(39)49-42)45-37-21-10-8-19-35(37)44(29-13-2-1-3-14-29)36-20-9-11-22-38(36)45/h1-27H. The lowest BCUT2D eigenvalue weighted by molar-refractivity contribution is 1.52. The van der Waals surface area contributed by atoms with Gasteiger partial charge in [0, 0.05) is 30.9 Å². The summed E-state index contributed by atoms with van der Waals surface area (Å²) < 4.78 is 2.53. The molecular formula is C47H27NS. The Morgan fingerprint density at radius 3 is 1.41 bits per heavy atom. The Labute approximate surface area is 287 Å². The van der Waals surface area contributed by atoms with Crippen LogP contribution in [0.2, 0.25) is 0 Å². The summed E-state index contributed by atoms with van der Waals surface area (Å²) in [4.78, 5) is 0. The van der Waals surface area contributed by atoms with E-state index in [1.54, 1.807) is 0 Å². The van der Waals surface area contributed by atoms with Crippen LogP contribution >= 0.6 is 11.3 Å². The van der Waals surface area contributed by atoms with Crippen LogP contribution in [0.15, 0.2) is 164 Å². The van der Waals surface area contributed by atoms with Gasteiger partial charge in [-0.15, -0.1) is 11.3 Å². The van der Waals surface area contributed by atoms with Crippen LogP contribution in [0.5, 0.6) is 0 Å². The summed E-state index contributed by atoms with van der Waals surface area (Å²) in [6.45, 7) is 0. The van der Waals surface area contributed by atoms with Crippen LogP contribution in [0.3, 0.4) is 0 Å². The second kappa shape index (κ2) is 10.9. The smallest absolute Gasteiger partial charge is 0.100 e. The fourth-order valence-corrected chi connectivity index (χ4v) is 9.26. The van der Waals surface area contributed by atoms with Crippen molar-refractivity contribution in [3.63, 3.8) is 0 Å². The van der Waals surface area contributed by atoms with Gasteiger partial charge in [-0.25, -0.2) is 0 Å². The molecule has 9 aromatic carbocycles. The molecule has 10 rings (SSSR count). The van der Waals surface area contributed by atoms with Crippen molar-refractivity contribution in [2.45, 2.75) is 0 Å². The van der Waals surface area contributed by atoms with Crippen molar-refractivity contribution in [3.05, 3.63) is 169 Å². The van der Waals surface area contributed by atoms with Gasteiger partial charge in [0.1, 0.15) is 6.07 Å². The molecule has 0 radical (unpaired) electrons. The lowest BCUT2D eigenvalue weighted by Gasteiger charge is -2.18.